The van der Waals surface area contributed by atoms with Gasteiger partial charge in [-0.05, 0) is 23.8 Å². The number of non-ortho nitro benzene ring substituents is 1. The van der Waals surface area contributed by atoms with E-state index >= 15 is 0 Å². The van der Waals surface area contributed by atoms with Crippen LogP contribution in [0.15, 0.2) is 52.9 Å². The first-order valence-electron chi connectivity index (χ1n) is 8.44. The van der Waals surface area contributed by atoms with Gasteiger partial charge in [0.2, 0.25) is 11.0 Å². The minimum Gasteiger partial charge on any atom is -0.351 e. The van der Waals surface area contributed by atoms with Gasteiger partial charge in [0.25, 0.3) is 11.6 Å². The van der Waals surface area contributed by atoms with Crippen LogP contribution in [0.4, 0.5) is 15.2 Å². The van der Waals surface area contributed by atoms with Crippen molar-refractivity contribution in [1.82, 2.24) is 15.5 Å². The molecule has 1 aromatic heterocycles. The number of aromatic nitrogens is 2. The molecule has 154 valence electrons. The molecule has 0 radical (unpaired) electrons. The van der Waals surface area contributed by atoms with Crippen LogP contribution in [0.25, 0.3) is 0 Å². The summed E-state index contributed by atoms with van der Waals surface area (Å²) in [6.45, 7) is 0.278. The fraction of sp³-hybridized carbons (Fsp3) is 0.111. The van der Waals surface area contributed by atoms with Gasteiger partial charge in [-0.2, -0.15) is 0 Å². The van der Waals surface area contributed by atoms with E-state index in [4.69, 9.17) is 0 Å². The van der Waals surface area contributed by atoms with Gasteiger partial charge in [0, 0.05) is 24.2 Å². The van der Waals surface area contributed by atoms with E-state index in [0.717, 1.165) is 34.7 Å². The van der Waals surface area contributed by atoms with Crippen molar-refractivity contribution in [2.24, 2.45) is 0 Å². The van der Waals surface area contributed by atoms with Crippen LogP contribution in [0.1, 0.15) is 15.9 Å². The summed E-state index contributed by atoms with van der Waals surface area (Å²) < 4.78 is 13.3. The Balaban J connectivity index is 1.48. The smallest absolute Gasteiger partial charge is 0.270 e. The molecule has 3 aromatic rings. The lowest BCUT2D eigenvalue weighted by Gasteiger charge is -2.04. The maximum absolute atomic E-state index is 12.9. The second-order valence-electron chi connectivity index (χ2n) is 5.83. The normalized spacial score (nSPS) is 10.4. The molecule has 30 heavy (non-hydrogen) atoms. The lowest BCUT2D eigenvalue weighted by atomic mass is 10.2. The van der Waals surface area contributed by atoms with Gasteiger partial charge in [0.15, 0.2) is 4.34 Å². The minimum atomic E-state index is -0.586. The third kappa shape index (κ3) is 6.06. The van der Waals surface area contributed by atoms with Gasteiger partial charge in [-0.1, -0.05) is 41.3 Å². The molecule has 0 spiro atoms. The van der Waals surface area contributed by atoms with E-state index in [1.807, 2.05) is 0 Å². The Hall–Kier alpha value is -3.38. The first-order valence-corrected chi connectivity index (χ1v) is 10.2. The number of benzene rings is 2. The third-order valence-corrected chi connectivity index (χ3v) is 5.65. The first kappa shape index (κ1) is 21.3. The predicted molar refractivity (Wildman–Crippen MR) is 110 cm³/mol. The number of nitrogens with one attached hydrogen (secondary N) is 2. The molecule has 9 nitrogen and oxygen atoms in total. The molecule has 0 aliphatic rings. The van der Waals surface area contributed by atoms with E-state index in [0.29, 0.717) is 4.34 Å². The van der Waals surface area contributed by atoms with Crippen molar-refractivity contribution in [2.45, 2.75) is 10.9 Å². The highest BCUT2D eigenvalue weighted by atomic mass is 32.2. The highest BCUT2D eigenvalue weighted by molar-refractivity contribution is 8.01. The summed E-state index contributed by atoms with van der Waals surface area (Å²) in [5.41, 5.74) is 0.702. The summed E-state index contributed by atoms with van der Waals surface area (Å²) >= 11 is 2.23. The Bertz CT molecular complexity index is 1070. The second kappa shape index (κ2) is 9.89. The van der Waals surface area contributed by atoms with Crippen LogP contribution < -0.4 is 10.6 Å². The zero-order valence-electron chi connectivity index (χ0n) is 15.2. The summed E-state index contributed by atoms with van der Waals surface area (Å²) in [5.74, 6) is -1.04. The van der Waals surface area contributed by atoms with Gasteiger partial charge in [0.1, 0.15) is 5.82 Å². The Morgan fingerprint density at radius 1 is 1.17 bits per heavy atom. The minimum absolute atomic E-state index is 0.0919. The van der Waals surface area contributed by atoms with Gasteiger partial charge in [-0.25, -0.2) is 4.39 Å². The molecule has 0 unspecified atom stereocenters. The van der Waals surface area contributed by atoms with Crippen LogP contribution in [0.3, 0.4) is 0 Å². The first-order chi connectivity index (χ1) is 14.4. The Morgan fingerprint density at radius 2 is 1.93 bits per heavy atom. The van der Waals surface area contributed by atoms with E-state index < -0.39 is 10.8 Å². The molecule has 1 heterocycles. The number of anilines is 1. The number of carbonyl (C=O) groups excluding carboxylic acids is 2. The number of nitrogens with zero attached hydrogens (tertiary/aromatic N) is 3. The molecular weight excluding hydrogens is 433 g/mol. The molecule has 0 aliphatic heterocycles. The molecule has 2 aromatic carbocycles. The number of halogens is 1. The zero-order chi connectivity index (χ0) is 21.5. The molecule has 2 N–H and O–H groups in total. The number of nitro groups is 1. The van der Waals surface area contributed by atoms with Gasteiger partial charge in [-0.15, -0.1) is 10.2 Å². The van der Waals surface area contributed by atoms with Gasteiger partial charge in [0.05, 0.1) is 10.7 Å². The molecule has 12 heteroatoms. The van der Waals surface area contributed by atoms with Crippen LogP contribution in [0, 0.1) is 15.9 Å². The average Bonchev–Trinajstić information content (AvgIpc) is 3.19. The SMILES string of the molecule is O=C(CSc1nnc(NC(=O)c2cccc([N+](=O)[O-])c2)s1)NCc1ccc(F)cc1. The molecule has 0 saturated carbocycles. The Morgan fingerprint density at radius 3 is 2.67 bits per heavy atom. The standard InChI is InChI=1S/C18H14FN5O4S2/c19-13-6-4-11(5-7-13)9-20-15(25)10-29-18-23-22-17(30-18)21-16(26)12-2-1-3-14(8-12)24(27)28/h1-8H,9-10H2,(H,20,25)(H,21,22,26). The van der Waals surface area contributed by atoms with Gasteiger partial charge >= 0.3 is 0 Å². The van der Waals surface area contributed by atoms with Crippen molar-refractivity contribution < 1.29 is 18.9 Å². The number of nitro benzene ring substituents is 1. The number of hydrogen-bond donors (Lipinski definition) is 2. The fourth-order valence-electron chi connectivity index (χ4n) is 2.23. The number of amides is 2. The summed E-state index contributed by atoms with van der Waals surface area (Å²) in [5, 5.41) is 24.0. The molecule has 0 saturated heterocycles. The van der Waals surface area contributed by atoms with Crippen LogP contribution in [-0.4, -0.2) is 32.7 Å². The Labute approximate surface area is 177 Å². The van der Waals surface area contributed by atoms with Crippen LogP contribution in [-0.2, 0) is 11.3 Å². The summed E-state index contributed by atoms with van der Waals surface area (Å²) in [6.07, 6.45) is 0. The predicted octanol–water partition coefficient (Wildman–Crippen LogP) is 3.25. The summed E-state index contributed by atoms with van der Waals surface area (Å²) in [7, 11) is 0. The number of thioether (sulfide) groups is 1. The second-order valence-corrected chi connectivity index (χ2v) is 8.03. The third-order valence-electron chi connectivity index (χ3n) is 3.68. The summed E-state index contributed by atoms with van der Waals surface area (Å²) in [4.78, 5) is 34.4. The van der Waals surface area contributed by atoms with E-state index in [9.17, 15) is 24.1 Å². The summed E-state index contributed by atoms with van der Waals surface area (Å²) in [6, 6.07) is 11.1. The van der Waals surface area contributed by atoms with E-state index in [2.05, 4.69) is 20.8 Å². The molecule has 0 bridgehead atoms. The highest BCUT2D eigenvalue weighted by Crippen LogP contribution is 2.26. The maximum atomic E-state index is 12.9. The fourth-order valence-corrected chi connectivity index (χ4v) is 3.81. The zero-order valence-corrected chi connectivity index (χ0v) is 16.8. The van der Waals surface area contributed by atoms with E-state index in [1.54, 1.807) is 12.1 Å². The number of rotatable bonds is 8. The molecule has 0 atom stereocenters. The van der Waals surface area contributed by atoms with E-state index in [-0.39, 0.29) is 40.4 Å². The van der Waals surface area contributed by atoms with Crippen LogP contribution in [0.5, 0.6) is 0 Å². The van der Waals surface area contributed by atoms with Crippen molar-refractivity contribution in [2.75, 3.05) is 11.1 Å². The quantitative estimate of drug-likeness (QED) is 0.235. The van der Waals surface area contributed by atoms with Gasteiger partial charge < -0.3 is 5.32 Å². The topological polar surface area (TPSA) is 127 Å². The van der Waals surface area contributed by atoms with Crippen molar-refractivity contribution in [3.8, 4) is 0 Å². The van der Waals surface area contributed by atoms with Crippen molar-refractivity contribution in [3.63, 3.8) is 0 Å². The number of carbonyl (C=O) groups is 2. The largest absolute Gasteiger partial charge is 0.351 e. The lowest BCUT2D eigenvalue weighted by Crippen LogP contribution is -2.24. The molecule has 0 fully saturated rings. The van der Waals surface area contributed by atoms with Crippen molar-refractivity contribution in [1.29, 1.82) is 0 Å². The van der Waals surface area contributed by atoms with Crippen LogP contribution in [0.2, 0.25) is 0 Å². The maximum Gasteiger partial charge on any atom is 0.270 e. The van der Waals surface area contributed by atoms with Crippen LogP contribution >= 0.6 is 23.1 Å². The molecule has 2 amide bonds. The monoisotopic (exact) mass is 447 g/mol. The molecule has 3 rings (SSSR count). The molecule has 0 aliphatic carbocycles. The van der Waals surface area contributed by atoms with Crippen molar-refractivity contribution >= 4 is 45.7 Å². The lowest BCUT2D eigenvalue weighted by molar-refractivity contribution is -0.384. The van der Waals surface area contributed by atoms with E-state index in [1.165, 1.54) is 30.3 Å². The Kier molecular flexibility index (Phi) is 7.03. The average molecular weight is 447 g/mol. The highest BCUT2D eigenvalue weighted by Gasteiger charge is 2.14. The van der Waals surface area contributed by atoms with Gasteiger partial charge in [-0.3, -0.25) is 25.0 Å². The number of hydrogen-bond acceptors (Lipinski definition) is 8. The van der Waals surface area contributed by atoms with Crippen molar-refractivity contribution in [3.05, 3.63) is 75.6 Å². The molecular formula is C18H14FN5O4S2.